The summed E-state index contributed by atoms with van der Waals surface area (Å²) in [6.45, 7) is 1.16. The maximum atomic E-state index is 11.8. The van der Waals surface area contributed by atoms with Gasteiger partial charge in [0.2, 0.25) is 0 Å². The van der Waals surface area contributed by atoms with E-state index in [9.17, 15) is 18.4 Å². The second kappa shape index (κ2) is 4.63. The molecule has 7 heteroatoms. The first-order chi connectivity index (χ1) is 7.35. The number of amides is 2. The summed E-state index contributed by atoms with van der Waals surface area (Å²) < 4.78 is 23.7. The van der Waals surface area contributed by atoms with E-state index in [0.29, 0.717) is 6.42 Å². The van der Waals surface area contributed by atoms with Crippen LogP contribution in [0, 0.1) is 5.41 Å². The number of halogens is 2. The van der Waals surface area contributed by atoms with Crippen LogP contribution < -0.4 is 5.32 Å². The van der Waals surface area contributed by atoms with Crippen molar-refractivity contribution in [3.63, 3.8) is 0 Å². The van der Waals surface area contributed by atoms with E-state index in [1.807, 2.05) is 5.32 Å². The Labute approximate surface area is 91.4 Å². The Hall–Kier alpha value is -1.40. The van der Waals surface area contributed by atoms with E-state index in [1.165, 1.54) is 11.8 Å². The summed E-state index contributed by atoms with van der Waals surface area (Å²) in [6, 6.07) is -0.634. The van der Waals surface area contributed by atoms with Gasteiger partial charge in [-0.05, 0) is 13.3 Å². The molecule has 1 heterocycles. The Morgan fingerprint density at radius 2 is 2.19 bits per heavy atom. The Morgan fingerprint density at radius 1 is 1.56 bits per heavy atom. The zero-order valence-electron chi connectivity index (χ0n) is 8.87. The van der Waals surface area contributed by atoms with Crippen LogP contribution in [0.25, 0.3) is 0 Å². The Morgan fingerprint density at radius 3 is 2.62 bits per heavy atom. The molecule has 1 fully saturated rings. The molecule has 5 nitrogen and oxygen atoms in total. The highest BCUT2D eigenvalue weighted by atomic mass is 19.3. The van der Waals surface area contributed by atoms with Crippen molar-refractivity contribution in [2.45, 2.75) is 19.8 Å². The first-order valence-electron chi connectivity index (χ1n) is 4.89. The largest absolute Gasteiger partial charge is 0.481 e. The molecule has 0 aromatic carbocycles. The molecule has 0 bridgehead atoms. The van der Waals surface area contributed by atoms with Crippen LogP contribution >= 0.6 is 0 Å². The minimum atomic E-state index is -2.60. The number of urea groups is 1. The van der Waals surface area contributed by atoms with Gasteiger partial charge in [-0.3, -0.25) is 4.79 Å². The molecule has 2 amide bonds. The van der Waals surface area contributed by atoms with Crippen LogP contribution in [-0.2, 0) is 4.79 Å². The van der Waals surface area contributed by atoms with Gasteiger partial charge < -0.3 is 15.3 Å². The Balaban J connectivity index is 2.47. The molecule has 0 aromatic heterocycles. The number of hydrogen-bond donors (Lipinski definition) is 2. The summed E-state index contributed by atoms with van der Waals surface area (Å²) >= 11 is 0. The number of rotatable bonds is 3. The molecule has 1 aliphatic heterocycles. The van der Waals surface area contributed by atoms with Gasteiger partial charge in [0.05, 0.1) is 12.0 Å². The topological polar surface area (TPSA) is 69.6 Å². The lowest BCUT2D eigenvalue weighted by atomic mass is 9.90. The van der Waals surface area contributed by atoms with E-state index in [2.05, 4.69) is 0 Å². The molecule has 2 N–H and O–H groups in total. The fourth-order valence-electron chi connectivity index (χ4n) is 1.59. The molecule has 0 aliphatic carbocycles. The van der Waals surface area contributed by atoms with Gasteiger partial charge in [-0.2, -0.15) is 0 Å². The van der Waals surface area contributed by atoms with E-state index in [0.717, 1.165) is 0 Å². The van der Waals surface area contributed by atoms with Crippen LogP contribution in [0.2, 0.25) is 0 Å². The summed E-state index contributed by atoms with van der Waals surface area (Å²) in [5, 5.41) is 11.0. The van der Waals surface area contributed by atoms with E-state index in [4.69, 9.17) is 5.11 Å². The van der Waals surface area contributed by atoms with Crippen molar-refractivity contribution < 1.29 is 23.5 Å². The summed E-state index contributed by atoms with van der Waals surface area (Å²) in [5.74, 6) is -0.975. The number of nitrogens with zero attached hydrogens (tertiary/aromatic N) is 1. The van der Waals surface area contributed by atoms with Gasteiger partial charge >= 0.3 is 12.0 Å². The second-order valence-electron chi connectivity index (χ2n) is 4.11. The molecule has 16 heavy (non-hydrogen) atoms. The number of hydrogen-bond acceptors (Lipinski definition) is 2. The van der Waals surface area contributed by atoms with Crippen LogP contribution in [0.5, 0.6) is 0 Å². The molecule has 0 aromatic rings. The third kappa shape index (κ3) is 2.80. The molecule has 1 unspecified atom stereocenters. The monoisotopic (exact) mass is 236 g/mol. The first kappa shape index (κ1) is 12.7. The maximum Gasteiger partial charge on any atom is 0.317 e. The summed E-state index contributed by atoms with van der Waals surface area (Å²) in [4.78, 5) is 23.5. The third-order valence-electron chi connectivity index (χ3n) is 2.68. The van der Waals surface area contributed by atoms with Crippen molar-refractivity contribution in [3.8, 4) is 0 Å². The van der Waals surface area contributed by atoms with Crippen molar-refractivity contribution in [2.24, 2.45) is 5.41 Å². The molecular formula is C9H14F2N2O3. The number of carboxylic acid groups (broad SMARTS) is 1. The van der Waals surface area contributed by atoms with Gasteiger partial charge in [-0.25, -0.2) is 13.6 Å². The fraction of sp³-hybridized carbons (Fsp3) is 0.778. The molecule has 0 radical (unpaired) electrons. The predicted molar refractivity (Wildman–Crippen MR) is 51.3 cm³/mol. The van der Waals surface area contributed by atoms with Gasteiger partial charge in [0.15, 0.2) is 0 Å². The lowest BCUT2D eigenvalue weighted by molar-refractivity contribution is -0.147. The first-order valence-corrected chi connectivity index (χ1v) is 4.89. The Kier molecular flexibility index (Phi) is 3.66. The zero-order chi connectivity index (χ0) is 12.3. The lowest BCUT2D eigenvalue weighted by Crippen LogP contribution is -2.42. The molecule has 1 aliphatic rings. The number of likely N-dealkylation sites (tertiary alicyclic amines) is 1. The minimum absolute atomic E-state index is 0.0530. The Bertz CT molecular complexity index is 298. The fourth-order valence-corrected chi connectivity index (χ4v) is 1.59. The molecule has 92 valence electrons. The van der Waals surface area contributed by atoms with E-state index in [-0.39, 0.29) is 13.1 Å². The normalized spacial score (nSPS) is 24.9. The van der Waals surface area contributed by atoms with E-state index >= 15 is 0 Å². The van der Waals surface area contributed by atoms with Crippen LogP contribution in [0.15, 0.2) is 0 Å². The predicted octanol–water partition coefficient (Wildman–Crippen LogP) is 0.758. The zero-order valence-corrected chi connectivity index (χ0v) is 8.87. The highest BCUT2D eigenvalue weighted by molar-refractivity contribution is 5.79. The van der Waals surface area contributed by atoms with Crippen LogP contribution in [0.3, 0.4) is 0 Å². The second-order valence-corrected chi connectivity index (χ2v) is 4.11. The van der Waals surface area contributed by atoms with Crippen molar-refractivity contribution in [1.82, 2.24) is 10.2 Å². The van der Waals surface area contributed by atoms with E-state index in [1.54, 1.807) is 0 Å². The smallest absolute Gasteiger partial charge is 0.317 e. The number of carbonyl (C=O) groups excluding carboxylic acids is 1. The highest BCUT2D eigenvalue weighted by Gasteiger charge is 2.42. The average Bonchev–Trinajstić information content (AvgIpc) is 2.59. The number of alkyl halides is 2. The molecule has 1 saturated heterocycles. The van der Waals surface area contributed by atoms with Gasteiger partial charge in [0.1, 0.15) is 0 Å². The molecule has 1 atom stereocenters. The SMILES string of the molecule is CC1(C(=O)O)CCN(C(=O)NCC(F)F)C1. The number of nitrogens with one attached hydrogen (secondary N) is 1. The van der Waals surface area contributed by atoms with Crippen molar-refractivity contribution in [1.29, 1.82) is 0 Å². The third-order valence-corrected chi connectivity index (χ3v) is 2.68. The van der Waals surface area contributed by atoms with Gasteiger partial charge in [-0.1, -0.05) is 0 Å². The molecular weight excluding hydrogens is 222 g/mol. The summed E-state index contributed by atoms with van der Waals surface area (Å²) in [7, 11) is 0. The van der Waals surface area contributed by atoms with Gasteiger partial charge in [0.25, 0.3) is 6.43 Å². The van der Waals surface area contributed by atoms with Crippen LogP contribution in [0.1, 0.15) is 13.3 Å². The highest BCUT2D eigenvalue weighted by Crippen LogP contribution is 2.29. The van der Waals surface area contributed by atoms with Crippen molar-refractivity contribution in [3.05, 3.63) is 0 Å². The standard InChI is InChI=1S/C9H14F2N2O3/c1-9(7(14)15)2-3-13(5-9)8(16)12-4-6(10)11/h6H,2-5H2,1H3,(H,12,16)(H,14,15). The molecule has 0 spiro atoms. The number of carbonyl (C=O) groups is 2. The van der Waals surface area contributed by atoms with Crippen LogP contribution in [-0.4, -0.2) is 48.1 Å². The molecule has 0 saturated carbocycles. The van der Waals surface area contributed by atoms with Crippen molar-refractivity contribution >= 4 is 12.0 Å². The maximum absolute atomic E-state index is 11.8. The number of carboxylic acids is 1. The summed E-state index contributed by atoms with van der Waals surface area (Å²) in [5.41, 5.74) is -0.970. The average molecular weight is 236 g/mol. The van der Waals surface area contributed by atoms with Crippen LogP contribution in [0.4, 0.5) is 13.6 Å². The van der Waals surface area contributed by atoms with E-state index < -0.39 is 30.4 Å². The van der Waals surface area contributed by atoms with Gasteiger partial charge in [0, 0.05) is 13.1 Å². The quantitative estimate of drug-likeness (QED) is 0.760. The summed E-state index contributed by atoms with van der Waals surface area (Å²) in [6.07, 6.45) is -2.26. The number of aliphatic carboxylic acids is 1. The van der Waals surface area contributed by atoms with Crippen molar-refractivity contribution in [2.75, 3.05) is 19.6 Å². The molecule has 1 rings (SSSR count). The van der Waals surface area contributed by atoms with Gasteiger partial charge in [-0.15, -0.1) is 0 Å². The minimum Gasteiger partial charge on any atom is -0.481 e. The lowest BCUT2D eigenvalue weighted by Gasteiger charge is -2.20.